The Morgan fingerprint density at radius 3 is 2.83 bits per heavy atom. The maximum atomic E-state index is 13.1. The standard InChI is InChI=1S/C8H8BrClFN/c9-5-1-2-7(10)6(3-5)8(11)4-12/h1-3,8H,4,12H2. The summed E-state index contributed by atoms with van der Waals surface area (Å²) in [5.41, 5.74) is 5.61. The molecule has 0 heterocycles. The van der Waals surface area contributed by atoms with Crippen molar-refractivity contribution in [1.82, 2.24) is 0 Å². The smallest absolute Gasteiger partial charge is 0.139 e. The van der Waals surface area contributed by atoms with Crippen LogP contribution in [-0.4, -0.2) is 6.54 Å². The lowest BCUT2D eigenvalue weighted by Gasteiger charge is -2.07. The molecule has 0 saturated heterocycles. The summed E-state index contributed by atoms with van der Waals surface area (Å²) in [7, 11) is 0. The second-order valence-electron chi connectivity index (χ2n) is 2.37. The summed E-state index contributed by atoms with van der Waals surface area (Å²) in [5.74, 6) is 0. The van der Waals surface area contributed by atoms with Gasteiger partial charge in [-0.3, -0.25) is 0 Å². The summed E-state index contributed by atoms with van der Waals surface area (Å²) in [6.45, 7) is -0.0455. The van der Waals surface area contributed by atoms with Gasteiger partial charge in [0.1, 0.15) is 6.17 Å². The first-order valence-corrected chi connectivity index (χ1v) is 4.61. The van der Waals surface area contributed by atoms with Crippen LogP contribution in [0, 0.1) is 0 Å². The minimum absolute atomic E-state index is 0.0455. The quantitative estimate of drug-likeness (QED) is 0.860. The first-order chi connectivity index (χ1) is 5.65. The molecule has 1 unspecified atom stereocenters. The molecule has 1 rings (SSSR count). The average molecular weight is 253 g/mol. The van der Waals surface area contributed by atoms with E-state index in [1.54, 1.807) is 18.2 Å². The highest BCUT2D eigenvalue weighted by molar-refractivity contribution is 9.10. The molecule has 1 aromatic rings. The summed E-state index contributed by atoms with van der Waals surface area (Å²) in [5, 5.41) is 0.413. The predicted molar refractivity (Wildman–Crippen MR) is 52.1 cm³/mol. The van der Waals surface area contributed by atoms with Crippen LogP contribution in [-0.2, 0) is 0 Å². The third-order valence-corrected chi connectivity index (χ3v) is 2.34. The molecule has 1 atom stereocenters. The van der Waals surface area contributed by atoms with Gasteiger partial charge in [-0.2, -0.15) is 0 Å². The number of hydrogen-bond acceptors (Lipinski definition) is 1. The molecule has 0 saturated carbocycles. The molecular formula is C8H8BrClFN. The van der Waals surface area contributed by atoms with E-state index in [1.807, 2.05) is 0 Å². The summed E-state index contributed by atoms with van der Waals surface area (Å²) in [6, 6.07) is 5.04. The summed E-state index contributed by atoms with van der Waals surface area (Å²) in [6.07, 6.45) is -1.19. The molecule has 4 heteroatoms. The Morgan fingerprint density at radius 2 is 2.25 bits per heavy atom. The third kappa shape index (κ3) is 2.19. The van der Waals surface area contributed by atoms with Crippen LogP contribution in [0.2, 0.25) is 5.02 Å². The van der Waals surface area contributed by atoms with E-state index < -0.39 is 6.17 Å². The van der Waals surface area contributed by atoms with Crippen molar-refractivity contribution in [2.45, 2.75) is 6.17 Å². The van der Waals surface area contributed by atoms with E-state index in [-0.39, 0.29) is 6.54 Å². The van der Waals surface area contributed by atoms with Gasteiger partial charge < -0.3 is 5.73 Å². The van der Waals surface area contributed by atoms with Gasteiger partial charge in [0.2, 0.25) is 0 Å². The van der Waals surface area contributed by atoms with Crippen molar-refractivity contribution in [3.63, 3.8) is 0 Å². The van der Waals surface area contributed by atoms with E-state index in [2.05, 4.69) is 15.9 Å². The van der Waals surface area contributed by atoms with Crippen LogP contribution in [0.4, 0.5) is 4.39 Å². The summed E-state index contributed by atoms with van der Waals surface area (Å²) in [4.78, 5) is 0. The minimum Gasteiger partial charge on any atom is -0.327 e. The zero-order valence-corrected chi connectivity index (χ0v) is 8.57. The molecule has 0 aliphatic carbocycles. The van der Waals surface area contributed by atoms with Crippen molar-refractivity contribution in [1.29, 1.82) is 0 Å². The largest absolute Gasteiger partial charge is 0.327 e. The highest BCUT2D eigenvalue weighted by Gasteiger charge is 2.11. The van der Waals surface area contributed by atoms with Crippen molar-refractivity contribution in [2.24, 2.45) is 5.73 Å². The molecule has 0 fully saturated rings. The molecule has 0 bridgehead atoms. The third-order valence-electron chi connectivity index (χ3n) is 1.50. The van der Waals surface area contributed by atoms with Gasteiger partial charge in [0, 0.05) is 21.6 Å². The Labute approximate surface area is 83.8 Å². The maximum Gasteiger partial charge on any atom is 0.139 e. The van der Waals surface area contributed by atoms with Gasteiger partial charge in [0.05, 0.1) is 0 Å². The lowest BCUT2D eigenvalue weighted by atomic mass is 10.1. The molecule has 12 heavy (non-hydrogen) atoms. The molecule has 0 radical (unpaired) electrons. The molecule has 0 amide bonds. The lowest BCUT2D eigenvalue weighted by molar-refractivity contribution is 0.353. The van der Waals surface area contributed by atoms with Gasteiger partial charge in [-0.05, 0) is 18.2 Å². The Hall–Kier alpha value is -0.120. The molecule has 1 aromatic carbocycles. The normalized spacial score (nSPS) is 13.0. The molecule has 66 valence electrons. The molecular weight excluding hydrogens is 244 g/mol. The van der Waals surface area contributed by atoms with Crippen LogP contribution >= 0.6 is 27.5 Å². The van der Waals surface area contributed by atoms with Crippen molar-refractivity contribution in [3.8, 4) is 0 Å². The fourth-order valence-electron chi connectivity index (χ4n) is 0.882. The van der Waals surface area contributed by atoms with Gasteiger partial charge in [-0.15, -0.1) is 0 Å². The van der Waals surface area contributed by atoms with Crippen LogP contribution in [0.15, 0.2) is 22.7 Å². The molecule has 1 nitrogen and oxygen atoms in total. The molecule has 0 aliphatic heterocycles. The number of nitrogens with two attached hydrogens (primary N) is 1. The van der Waals surface area contributed by atoms with E-state index in [0.29, 0.717) is 10.6 Å². The predicted octanol–water partition coefficient (Wildman–Crippen LogP) is 3.07. The van der Waals surface area contributed by atoms with Crippen molar-refractivity contribution in [2.75, 3.05) is 6.54 Å². The number of hydrogen-bond donors (Lipinski definition) is 1. The highest BCUT2D eigenvalue weighted by atomic mass is 79.9. The van der Waals surface area contributed by atoms with Crippen LogP contribution in [0.1, 0.15) is 11.7 Å². The van der Waals surface area contributed by atoms with E-state index in [1.165, 1.54) is 0 Å². The number of rotatable bonds is 2. The second kappa shape index (κ2) is 4.21. The van der Waals surface area contributed by atoms with E-state index in [4.69, 9.17) is 17.3 Å². The van der Waals surface area contributed by atoms with Gasteiger partial charge in [0.15, 0.2) is 0 Å². The first kappa shape index (κ1) is 9.96. The average Bonchev–Trinajstić information content (AvgIpc) is 2.08. The van der Waals surface area contributed by atoms with Crippen molar-refractivity contribution >= 4 is 27.5 Å². The van der Waals surface area contributed by atoms with Gasteiger partial charge in [-0.25, -0.2) is 4.39 Å². The molecule has 2 N–H and O–H groups in total. The topological polar surface area (TPSA) is 26.0 Å². The van der Waals surface area contributed by atoms with Crippen LogP contribution < -0.4 is 5.73 Å². The summed E-state index contributed by atoms with van der Waals surface area (Å²) >= 11 is 8.98. The Kier molecular flexibility index (Phi) is 3.50. The van der Waals surface area contributed by atoms with E-state index in [0.717, 1.165) is 4.47 Å². The second-order valence-corrected chi connectivity index (χ2v) is 3.69. The molecule has 0 aromatic heterocycles. The zero-order chi connectivity index (χ0) is 9.14. The van der Waals surface area contributed by atoms with Gasteiger partial charge >= 0.3 is 0 Å². The Bertz CT molecular complexity index is 280. The first-order valence-electron chi connectivity index (χ1n) is 3.44. The Morgan fingerprint density at radius 1 is 1.58 bits per heavy atom. The van der Waals surface area contributed by atoms with Crippen molar-refractivity contribution < 1.29 is 4.39 Å². The fraction of sp³-hybridized carbons (Fsp3) is 0.250. The molecule has 0 aliphatic rings. The van der Waals surface area contributed by atoms with E-state index in [9.17, 15) is 4.39 Å². The number of alkyl halides is 1. The van der Waals surface area contributed by atoms with Gasteiger partial charge in [0.25, 0.3) is 0 Å². The van der Waals surface area contributed by atoms with E-state index >= 15 is 0 Å². The Balaban J connectivity index is 3.04. The SMILES string of the molecule is NCC(F)c1cc(Br)ccc1Cl. The van der Waals surface area contributed by atoms with Crippen molar-refractivity contribution in [3.05, 3.63) is 33.3 Å². The zero-order valence-electron chi connectivity index (χ0n) is 6.23. The maximum absolute atomic E-state index is 13.1. The molecule has 0 spiro atoms. The summed E-state index contributed by atoms with van der Waals surface area (Å²) < 4.78 is 13.9. The fourth-order valence-corrected chi connectivity index (χ4v) is 1.50. The number of benzene rings is 1. The van der Waals surface area contributed by atoms with Crippen LogP contribution in [0.25, 0.3) is 0 Å². The lowest BCUT2D eigenvalue weighted by Crippen LogP contribution is -2.08. The highest BCUT2D eigenvalue weighted by Crippen LogP contribution is 2.27. The van der Waals surface area contributed by atoms with Crippen LogP contribution in [0.5, 0.6) is 0 Å². The number of halogens is 3. The minimum atomic E-state index is -1.19. The monoisotopic (exact) mass is 251 g/mol. The van der Waals surface area contributed by atoms with Crippen LogP contribution in [0.3, 0.4) is 0 Å². The van der Waals surface area contributed by atoms with Gasteiger partial charge in [-0.1, -0.05) is 27.5 Å².